The Bertz CT molecular complexity index is 1370. The third-order valence-electron chi connectivity index (χ3n) is 5.36. The maximum atomic E-state index is 15.0. The van der Waals surface area contributed by atoms with E-state index >= 15 is 0 Å². The fraction of sp³-hybridized carbons (Fsp3) is 0.0769. The second-order valence-electron chi connectivity index (χ2n) is 7.53. The molecule has 0 saturated carbocycles. The minimum Gasteiger partial charge on any atom is -0.495 e. The molecule has 0 atom stereocenters. The molecule has 11 heteroatoms. The van der Waals surface area contributed by atoms with E-state index in [1.165, 1.54) is 38.5 Å². The monoisotopic (exact) mass is 606 g/mol. The van der Waals surface area contributed by atoms with Gasteiger partial charge in [0.25, 0.3) is 0 Å². The molecule has 4 aromatic rings. The molecule has 4 rings (SSSR count). The molecule has 0 aliphatic rings. The van der Waals surface area contributed by atoms with Crippen LogP contribution >= 0.6 is 58.2 Å². The molecule has 0 bridgehead atoms. The lowest BCUT2D eigenvalue weighted by atomic mass is 10.0. The molecule has 0 unspecified atom stereocenters. The SMILES string of the molecule is COc1ccc(-c2cc(F)c(Sc3c(F)cc(-c4ccc(OC)c(Cl)c4Cl)cc3F)c(F)c2)c(Cl)c1Cl. The van der Waals surface area contributed by atoms with Crippen LogP contribution in [-0.2, 0) is 0 Å². The number of methoxy groups -OCH3 is 2. The Morgan fingerprint density at radius 1 is 0.541 bits per heavy atom. The smallest absolute Gasteiger partial charge is 0.140 e. The molecular weight excluding hydrogens is 594 g/mol. The van der Waals surface area contributed by atoms with Gasteiger partial charge in [-0.15, -0.1) is 0 Å². The largest absolute Gasteiger partial charge is 0.495 e. The fourth-order valence-corrected chi connectivity index (χ4v) is 5.40. The number of ether oxygens (including phenoxy) is 2. The van der Waals surface area contributed by atoms with E-state index < -0.39 is 33.1 Å². The van der Waals surface area contributed by atoms with Crippen LogP contribution in [0.3, 0.4) is 0 Å². The lowest BCUT2D eigenvalue weighted by molar-refractivity contribution is 0.415. The van der Waals surface area contributed by atoms with Crippen molar-refractivity contribution in [2.75, 3.05) is 14.2 Å². The quantitative estimate of drug-likeness (QED) is 0.203. The summed E-state index contributed by atoms with van der Waals surface area (Å²) in [6, 6.07) is 9.97. The molecule has 0 saturated heterocycles. The van der Waals surface area contributed by atoms with Crippen molar-refractivity contribution in [3.8, 4) is 33.8 Å². The number of hydrogen-bond donors (Lipinski definition) is 0. The van der Waals surface area contributed by atoms with Crippen molar-refractivity contribution in [1.29, 1.82) is 0 Å². The van der Waals surface area contributed by atoms with Gasteiger partial charge in [-0.25, -0.2) is 17.6 Å². The standard InChI is InChI=1S/C26H14Cl4F4O2S/c1-35-19-5-3-13(21(27)23(19)29)11-7-15(31)25(16(32)8-11)37-26-17(33)9-12(10-18(26)34)14-4-6-20(36-2)24(30)22(14)28/h3-10H,1-2H3. The zero-order chi connectivity index (χ0) is 27.0. The van der Waals surface area contributed by atoms with Gasteiger partial charge in [-0.05, 0) is 59.7 Å². The molecule has 0 N–H and O–H groups in total. The molecule has 4 aromatic carbocycles. The van der Waals surface area contributed by atoms with Crippen LogP contribution in [0.5, 0.6) is 11.5 Å². The lowest BCUT2D eigenvalue weighted by Crippen LogP contribution is -1.96. The summed E-state index contributed by atoms with van der Waals surface area (Å²) >= 11 is 25.0. The maximum absolute atomic E-state index is 15.0. The van der Waals surface area contributed by atoms with Crippen LogP contribution in [0.4, 0.5) is 17.6 Å². The Balaban J connectivity index is 1.70. The molecule has 0 heterocycles. The minimum atomic E-state index is -1.05. The van der Waals surface area contributed by atoms with Crippen molar-refractivity contribution in [3.63, 3.8) is 0 Å². The van der Waals surface area contributed by atoms with Gasteiger partial charge in [0.05, 0.1) is 34.1 Å². The van der Waals surface area contributed by atoms with Crippen molar-refractivity contribution in [1.82, 2.24) is 0 Å². The lowest BCUT2D eigenvalue weighted by Gasteiger charge is -2.14. The van der Waals surface area contributed by atoms with E-state index in [2.05, 4.69) is 0 Å². The van der Waals surface area contributed by atoms with E-state index in [9.17, 15) is 17.6 Å². The van der Waals surface area contributed by atoms with E-state index in [1.807, 2.05) is 0 Å². The first-order valence-electron chi connectivity index (χ1n) is 10.3. The zero-order valence-corrected chi connectivity index (χ0v) is 22.7. The highest BCUT2D eigenvalue weighted by molar-refractivity contribution is 7.99. The first-order chi connectivity index (χ1) is 17.6. The highest BCUT2D eigenvalue weighted by Crippen LogP contribution is 2.44. The average molecular weight is 608 g/mol. The fourth-order valence-electron chi connectivity index (χ4n) is 3.55. The Morgan fingerprint density at radius 3 is 1.16 bits per heavy atom. The topological polar surface area (TPSA) is 18.5 Å². The van der Waals surface area contributed by atoms with Crippen molar-refractivity contribution >= 4 is 58.2 Å². The molecule has 0 aromatic heterocycles. The third kappa shape index (κ3) is 5.33. The Morgan fingerprint density at radius 2 is 0.865 bits per heavy atom. The molecular formula is C26H14Cl4F4O2S. The minimum absolute atomic E-state index is 0.0326. The van der Waals surface area contributed by atoms with Gasteiger partial charge >= 0.3 is 0 Å². The summed E-state index contributed by atoms with van der Waals surface area (Å²) in [5.74, 6) is -3.61. The number of rotatable bonds is 6. The highest BCUT2D eigenvalue weighted by Gasteiger charge is 2.22. The Labute approximate surface area is 234 Å². The van der Waals surface area contributed by atoms with Gasteiger partial charge in [-0.3, -0.25) is 0 Å². The number of hydrogen-bond acceptors (Lipinski definition) is 3. The molecule has 0 fully saturated rings. The summed E-state index contributed by atoms with van der Waals surface area (Å²) in [4.78, 5) is -1.20. The van der Waals surface area contributed by atoms with E-state index in [0.29, 0.717) is 0 Å². The first-order valence-corrected chi connectivity index (χ1v) is 12.6. The molecule has 0 amide bonds. The number of halogens is 8. The Hall–Kier alpha value is -2.29. The third-order valence-corrected chi connectivity index (χ3v) is 8.27. The molecule has 0 aliphatic carbocycles. The van der Waals surface area contributed by atoms with Crippen molar-refractivity contribution in [2.24, 2.45) is 0 Å². The summed E-state index contributed by atoms with van der Waals surface area (Å²) in [5, 5.41) is 0.210. The van der Waals surface area contributed by atoms with Crippen molar-refractivity contribution < 1.29 is 27.0 Å². The van der Waals surface area contributed by atoms with Gasteiger partial charge in [-0.1, -0.05) is 58.2 Å². The number of benzene rings is 4. The van der Waals surface area contributed by atoms with Gasteiger partial charge in [0.1, 0.15) is 44.8 Å². The molecule has 2 nitrogen and oxygen atoms in total. The van der Waals surface area contributed by atoms with Crippen molar-refractivity contribution in [3.05, 3.63) is 91.9 Å². The van der Waals surface area contributed by atoms with Crippen LogP contribution in [0, 0.1) is 23.3 Å². The Kier molecular flexibility index (Phi) is 8.41. The van der Waals surface area contributed by atoms with E-state index in [4.69, 9.17) is 55.9 Å². The van der Waals surface area contributed by atoms with Crippen LogP contribution in [0.1, 0.15) is 0 Å². The molecule has 192 valence electrons. The normalized spacial score (nSPS) is 11.1. The zero-order valence-electron chi connectivity index (χ0n) is 18.9. The maximum Gasteiger partial charge on any atom is 0.140 e. The predicted molar refractivity (Wildman–Crippen MR) is 141 cm³/mol. The van der Waals surface area contributed by atoms with E-state index in [0.717, 1.165) is 24.3 Å². The summed E-state index contributed by atoms with van der Waals surface area (Å²) in [5.41, 5.74) is 0.657. The predicted octanol–water partition coefficient (Wildman–Crippen LogP) is 10.4. The van der Waals surface area contributed by atoms with Gasteiger partial charge in [0.15, 0.2) is 0 Å². The van der Waals surface area contributed by atoms with Gasteiger partial charge in [0.2, 0.25) is 0 Å². The van der Waals surface area contributed by atoms with Crippen LogP contribution in [0.15, 0.2) is 58.3 Å². The highest BCUT2D eigenvalue weighted by atomic mass is 35.5. The average Bonchev–Trinajstić information content (AvgIpc) is 2.85. The van der Waals surface area contributed by atoms with Gasteiger partial charge in [-0.2, -0.15) is 0 Å². The first kappa shape index (κ1) is 27.7. The van der Waals surface area contributed by atoms with Crippen LogP contribution in [-0.4, -0.2) is 14.2 Å². The van der Waals surface area contributed by atoms with E-state index in [-0.39, 0.29) is 65.6 Å². The second kappa shape index (κ2) is 11.2. The summed E-state index contributed by atoms with van der Waals surface area (Å²) in [6.45, 7) is 0. The van der Waals surface area contributed by atoms with Crippen molar-refractivity contribution in [2.45, 2.75) is 9.79 Å². The van der Waals surface area contributed by atoms with Crippen LogP contribution in [0.25, 0.3) is 22.3 Å². The van der Waals surface area contributed by atoms with Gasteiger partial charge in [0, 0.05) is 11.1 Å². The second-order valence-corrected chi connectivity index (χ2v) is 10.1. The summed E-state index contributed by atoms with van der Waals surface area (Å²) in [7, 11) is 2.79. The van der Waals surface area contributed by atoms with Gasteiger partial charge < -0.3 is 9.47 Å². The van der Waals surface area contributed by atoms with Crippen LogP contribution in [0.2, 0.25) is 20.1 Å². The molecule has 37 heavy (non-hydrogen) atoms. The summed E-state index contributed by atoms with van der Waals surface area (Å²) in [6.07, 6.45) is 0. The summed E-state index contributed by atoms with van der Waals surface area (Å²) < 4.78 is 70.1. The van der Waals surface area contributed by atoms with Crippen LogP contribution < -0.4 is 9.47 Å². The molecule has 0 aliphatic heterocycles. The molecule has 0 spiro atoms. The van der Waals surface area contributed by atoms with E-state index in [1.54, 1.807) is 0 Å². The molecule has 0 radical (unpaired) electrons.